The van der Waals surface area contributed by atoms with Gasteiger partial charge in [-0.3, -0.25) is 9.69 Å². The van der Waals surface area contributed by atoms with Gasteiger partial charge in [-0.05, 0) is 49.2 Å². The summed E-state index contributed by atoms with van der Waals surface area (Å²) in [6, 6.07) is 9.72. The number of hydrogen-bond donors (Lipinski definition) is 2. The third-order valence-electron chi connectivity index (χ3n) is 4.87. The number of nitrogens with two attached hydrogens (primary N) is 1. The van der Waals surface area contributed by atoms with Gasteiger partial charge in [0.2, 0.25) is 6.79 Å². The van der Waals surface area contributed by atoms with Gasteiger partial charge in [0, 0.05) is 25.3 Å². The molecule has 136 valence electrons. The van der Waals surface area contributed by atoms with Crippen LogP contribution < -0.4 is 20.5 Å². The van der Waals surface area contributed by atoms with Crippen LogP contribution in [0.25, 0.3) is 0 Å². The first kappa shape index (κ1) is 16.7. The van der Waals surface area contributed by atoms with Gasteiger partial charge in [-0.1, -0.05) is 6.07 Å². The number of anilines is 1. The summed E-state index contributed by atoms with van der Waals surface area (Å²) < 4.78 is 10.8. The average molecular weight is 354 g/mol. The number of carbonyl (C=O) groups is 1. The van der Waals surface area contributed by atoms with E-state index in [9.17, 15) is 4.79 Å². The number of rotatable bonds is 5. The summed E-state index contributed by atoms with van der Waals surface area (Å²) in [5.74, 6) is 1.90. The van der Waals surface area contributed by atoms with E-state index in [0.717, 1.165) is 37.4 Å². The molecular formula is C19H22N4O3. The molecule has 2 aromatic rings. The Balaban J connectivity index is 1.34. The number of benzene rings is 1. The molecule has 1 saturated heterocycles. The highest BCUT2D eigenvalue weighted by molar-refractivity contribution is 5.94. The molecule has 0 saturated carbocycles. The summed E-state index contributed by atoms with van der Waals surface area (Å²) in [6.45, 7) is 2.77. The number of aromatic nitrogens is 1. The molecule has 0 radical (unpaired) electrons. The first-order chi connectivity index (χ1) is 12.7. The maximum Gasteiger partial charge on any atom is 0.252 e. The van der Waals surface area contributed by atoms with E-state index in [4.69, 9.17) is 15.2 Å². The van der Waals surface area contributed by atoms with Crippen LogP contribution in [0.5, 0.6) is 11.5 Å². The highest BCUT2D eigenvalue weighted by Gasteiger charge is 2.25. The Labute approximate surface area is 152 Å². The fraction of sp³-hybridized carbons (Fsp3) is 0.368. The van der Waals surface area contributed by atoms with E-state index in [0.29, 0.717) is 24.0 Å². The monoisotopic (exact) mass is 354 g/mol. The van der Waals surface area contributed by atoms with Gasteiger partial charge in [0.1, 0.15) is 5.82 Å². The van der Waals surface area contributed by atoms with Crippen molar-refractivity contribution < 1.29 is 14.3 Å². The molecule has 26 heavy (non-hydrogen) atoms. The van der Waals surface area contributed by atoms with Crippen molar-refractivity contribution in [1.29, 1.82) is 0 Å². The fourth-order valence-corrected chi connectivity index (χ4v) is 3.46. The van der Waals surface area contributed by atoms with Gasteiger partial charge in [-0.15, -0.1) is 0 Å². The van der Waals surface area contributed by atoms with Gasteiger partial charge in [-0.2, -0.15) is 0 Å². The lowest BCUT2D eigenvalue weighted by atomic mass is 10.1. The van der Waals surface area contributed by atoms with Crippen molar-refractivity contribution in [2.75, 3.05) is 25.6 Å². The van der Waals surface area contributed by atoms with Crippen LogP contribution in [-0.2, 0) is 6.54 Å². The summed E-state index contributed by atoms with van der Waals surface area (Å²) in [4.78, 5) is 18.6. The Hall–Kier alpha value is -2.80. The van der Waals surface area contributed by atoms with E-state index < -0.39 is 0 Å². The second-order valence-electron chi connectivity index (χ2n) is 6.64. The van der Waals surface area contributed by atoms with Crippen LogP contribution in [0.2, 0.25) is 0 Å². The van der Waals surface area contributed by atoms with Crippen LogP contribution >= 0.6 is 0 Å². The van der Waals surface area contributed by atoms with Crippen LogP contribution in [0.3, 0.4) is 0 Å². The molecule has 1 fully saturated rings. The number of fused-ring (bicyclic) bond motifs is 1. The van der Waals surface area contributed by atoms with E-state index in [1.54, 1.807) is 12.1 Å². The predicted molar refractivity (Wildman–Crippen MR) is 97.0 cm³/mol. The van der Waals surface area contributed by atoms with Crippen LogP contribution in [0.4, 0.5) is 5.82 Å². The summed E-state index contributed by atoms with van der Waals surface area (Å²) in [5.41, 5.74) is 7.28. The molecule has 0 bridgehead atoms. The summed E-state index contributed by atoms with van der Waals surface area (Å²) in [7, 11) is 0. The van der Waals surface area contributed by atoms with Crippen LogP contribution in [-0.4, -0.2) is 41.7 Å². The fourth-order valence-electron chi connectivity index (χ4n) is 3.46. The van der Waals surface area contributed by atoms with E-state index in [-0.39, 0.29) is 12.7 Å². The first-order valence-corrected chi connectivity index (χ1v) is 8.81. The van der Waals surface area contributed by atoms with Crippen molar-refractivity contribution in [2.45, 2.75) is 25.4 Å². The van der Waals surface area contributed by atoms with E-state index in [1.165, 1.54) is 11.8 Å². The molecule has 1 aromatic heterocycles. The minimum atomic E-state index is -0.118. The number of hydrogen-bond acceptors (Lipinski definition) is 6. The van der Waals surface area contributed by atoms with E-state index in [2.05, 4.69) is 21.3 Å². The topological polar surface area (TPSA) is 89.7 Å². The lowest BCUT2D eigenvalue weighted by Crippen LogP contribution is -2.39. The van der Waals surface area contributed by atoms with Gasteiger partial charge in [0.15, 0.2) is 11.5 Å². The SMILES string of the molecule is Nc1ccc(C(=O)NCC2CCCN2Cc2ccc3c(c2)OCO3)cn1. The highest BCUT2D eigenvalue weighted by atomic mass is 16.7. The molecule has 4 rings (SSSR count). The number of carbonyl (C=O) groups excluding carboxylic acids is 1. The van der Waals surface area contributed by atoms with Crippen molar-refractivity contribution in [1.82, 2.24) is 15.2 Å². The van der Waals surface area contributed by atoms with Crippen LogP contribution in [0, 0.1) is 0 Å². The van der Waals surface area contributed by atoms with E-state index >= 15 is 0 Å². The third kappa shape index (κ3) is 3.57. The standard InChI is InChI=1S/C19H22N4O3/c20-18-6-4-14(9-21-18)19(24)22-10-15-2-1-7-23(15)11-13-3-5-16-17(8-13)26-12-25-16/h3-6,8-9,15H,1-2,7,10-12H2,(H2,20,21)(H,22,24). The molecule has 3 N–H and O–H groups in total. The zero-order valence-electron chi connectivity index (χ0n) is 14.5. The molecule has 1 aromatic carbocycles. The number of pyridine rings is 1. The lowest BCUT2D eigenvalue weighted by molar-refractivity contribution is 0.0939. The largest absolute Gasteiger partial charge is 0.454 e. The van der Waals surface area contributed by atoms with Crippen molar-refractivity contribution in [3.63, 3.8) is 0 Å². The second-order valence-corrected chi connectivity index (χ2v) is 6.64. The molecular weight excluding hydrogens is 332 g/mol. The van der Waals surface area contributed by atoms with Crippen molar-refractivity contribution in [3.05, 3.63) is 47.7 Å². The number of nitrogens with zero attached hydrogens (tertiary/aromatic N) is 2. The number of nitrogen functional groups attached to an aromatic ring is 1. The zero-order chi connectivity index (χ0) is 17.9. The maximum absolute atomic E-state index is 12.3. The summed E-state index contributed by atoms with van der Waals surface area (Å²) >= 11 is 0. The van der Waals surface area contributed by atoms with Gasteiger partial charge in [-0.25, -0.2) is 4.98 Å². The van der Waals surface area contributed by atoms with E-state index in [1.807, 2.05) is 12.1 Å². The summed E-state index contributed by atoms with van der Waals surface area (Å²) in [6.07, 6.45) is 3.71. The van der Waals surface area contributed by atoms with Crippen LogP contribution in [0.1, 0.15) is 28.8 Å². The quantitative estimate of drug-likeness (QED) is 0.851. The molecule has 2 aliphatic heterocycles. The summed E-state index contributed by atoms with van der Waals surface area (Å²) in [5, 5.41) is 3.01. The van der Waals surface area contributed by atoms with Crippen molar-refractivity contribution in [3.8, 4) is 11.5 Å². The Bertz CT molecular complexity index is 794. The van der Waals surface area contributed by atoms with Gasteiger partial charge >= 0.3 is 0 Å². The van der Waals surface area contributed by atoms with Gasteiger partial charge in [0.25, 0.3) is 5.91 Å². The number of nitrogens with one attached hydrogen (secondary N) is 1. The average Bonchev–Trinajstić information content (AvgIpc) is 3.29. The van der Waals surface area contributed by atoms with Crippen molar-refractivity contribution in [2.24, 2.45) is 0 Å². The van der Waals surface area contributed by atoms with Gasteiger partial charge < -0.3 is 20.5 Å². The number of likely N-dealkylation sites (tertiary alicyclic amines) is 1. The Morgan fingerprint density at radius 1 is 1.27 bits per heavy atom. The molecule has 1 atom stereocenters. The zero-order valence-corrected chi connectivity index (χ0v) is 14.5. The normalized spacial score (nSPS) is 18.8. The third-order valence-corrected chi connectivity index (χ3v) is 4.87. The molecule has 3 heterocycles. The molecule has 2 aliphatic rings. The number of amides is 1. The number of ether oxygens (including phenoxy) is 2. The first-order valence-electron chi connectivity index (χ1n) is 8.81. The van der Waals surface area contributed by atoms with Crippen molar-refractivity contribution >= 4 is 11.7 Å². The molecule has 7 heteroatoms. The minimum Gasteiger partial charge on any atom is -0.454 e. The second kappa shape index (κ2) is 7.21. The molecule has 1 unspecified atom stereocenters. The molecule has 7 nitrogen and oxygen atoms in total. The van der Waals surface area contributed by atoms with Gasteiger partial charge in [0.05, 0.1) is 5.56 Å². The Kier molecular flexibility index (Phi) is 4.62. The van der Waals surface area contributed by atoms with Crippen LogP contribution in [0.15, 0.2) is 36.5 Å². The maximum atomic E-state index is 12.3. The molecule has 1 amide bonds. The predicted octanol–water partition coefficient (Wildman–Crippen LogP) is 1.79. The highest BCUT2D eigenvalue weighted by Crippen LogP contribution is 2.33. The minimum absolute atomic E-state index is 0.118. The lowest BCUT2D eigenvalue weighted by Gasteiger charge is -2.25. The smallest absolute Gasteiger partial charge is 0.252 e. The Morgan fingerprint density at radius 3 is 3.00 bits per heavy atom. The molecule has 0 spiro atoms. The Morgan fingerprint density at radius 2 is 2.15 bits per heavy atom. The molecule has 0 aliphatic carbocycles.